The lowest BCUT2D eigenvalue weighted by molar-refractivity contribution is 0.346. The normalized spacial score (nSPS) is 9.31. The highest BCUT2D eigenvalue weighted by Gasteiger charge is 2.03. The maximum atomic E-state index is 13.1. The van der Waals surface area contributed by atoms with Crippen molar-refractivity contribution in [2.75, 3.05) is 6.61 Å². The Bertz CT molecular complexity index is 333. The van der Waals surface area contributed by atoms with Gasteiger partial charge in [-0.05, 0) is 17.7 Å². The predicted molar refractivity (Wildman–Crippen MR) is 45.4 cm³/mol. The summed E-state index contributed by atoms with van der Waals surface area (Å²) in [4.78, 5) is 0. The molecule has 0 radical (unpaired) electrons. The Morgan fingerprint density at radius 1 is 1.54 bits per heavy atom. The molecular formula is C9H9FN2O. The second-order valence-corrected chi connectivity index (χ2v) is 2.42. The number of hydrogen-bond donors (Lipinski definition) is 1. The first-order chi connectivity index (χ1) is 6.27. The van der Waals surface area contributed by atoms with Gasteiger partial charge >= 0.3 is 0 Å². The average molecular weight is 180 g/mol. The van der Waals surface area contributed by atoms with E-state index in [4.69, 9.17) is 15.7 Å². The van der Waals surface area contributed by atoms with E-state index < -0.39 is 5.82 Å². The summed E-state index contributed by atoms with van der Waals surface area (Å²) >= 11 is 0. The molecule has 0 heterocycles. The van der Waals surface area contributed by atoms with E-state index >= 15 is 0 Å². The molecule has 0 saturated carbocycles. The van der Waals surface area contributed by atoms with Gasteiger partial charge in [0.15, 0.2) is 18.2 Å². The van der Waals surface area contributed by atoms with Gasteiger partial charge < -0.3 is 10.5 Å². The zero-order chi connectivity index (χ0) is 9.68. The minimum absolute atomic E-state index is 0.0822. The lowest BCUT2D eigenvalue weighted by atomic mass is 10.2. The van der Waals surface area contributed by atoms with Crippen molar-refractivity contribution in [3.8, 4) is 11.8 Å². The summed E-state index contributed by atoms with van der Waals surface area (Å²) in [6, 6.07) is 6.19. The van der Waals surface area contributed by atoms with E-state index in [0.29, 0.717) is 5.56 Å². The topological polar surface area (TPSA) is 59.0 Å². The van der Waals surface area contributed by atoms with Crippen molar-refractivity contribution in [1.29, 1.82) is 5.26 Å². The SMILES string of the molecule is N#CCOc1ccc(CN)cc1F. The molecule has 0 aliphatic heterocycles. The summed E-state index contributed by atoms with van der Waals surface area (Å²) in [7, 11) is 0. The molecule has 0 atom stereocenters. The molecule has 1 aromatic rings. The smallest absolute Gasteiger partial charge is 0.174 e. The second kappa shape index (κ2) is 4.43. The van der Waals surface area contributed by atoms with Crippen molar-refractivity contribution < 1.29 is 9.13 Å². The van der Waals surface area contributed by atoms with Gasteiger partial charge in [-0.1, -0.05) is 6.07 Å². The molecule has 1 rings (SSSR count). The van der Waals surface area contributed by atoms with Crippen LogP contribution in [0.15, 0.2) is 18.2 Å². The van der Waals surface area contributed by atoms with E-state index in [-0.39, 0.29) is 18.9 Å². The number of halogens is 1. The first-order valence-corrected chi connectivity index (χ1v) is 3.76. The lowest BCUT2D eigenvalue weighted by Crippen LogP contribution is -2.00. The van der Waals surface area contributed by atoms with Crippen LogP contribution < -0.4 is 10.5 Å². The molecule has 0 unspecified atom stereocenters. The number of nitriles is 1. The van der Waals surface area contributed by atoms with Crippen LogP contribution in [0.3, 0.4) is 0 Å². The summed E-state index contributed by atoms with van der Waals surface area (Å²) in [5.41, 5.74) is 6.01. The van der Waals surface area contributed by atoms with Crippen LogP contribution in [0.4, 0.5) is 4.39 Å². The van der Waals surface area contributed by atoms with Gasteiger partial charge in [-0.3, -0.25) is 0 Å². The standard InChI is InChI=1S/C9H9FN2O/c10-8-5-7(6-12)1-2-9(8)13-4-3-11/h1-2,5H,4,6,12H2. The highest BCUT2D eigenvalue weighted by molar-refractivity contribution is 5.29. The third-order valence-corrected chi connectivity index (χ3v) is 1.52. The van der Waals surface area contributed by atoms with Gasteiger partial charge in [0.2, 0.25) is 0 Å². The molecule has 0 aliphatic carbocycles. The molecule has 0 aromatic heterocycles. The molecule has 0 saturated heterocycles. The van der Waals surface area contributed by atoms with Crippen molar-refractivity contribution >= 4 is 0 Å². The number of nitrogens with zero attached hydrogens (tertiary/aromatic N) is 1. The van der Waals surface area contributed by atoms with E-state index in [1.165, 1.54) is 12.1 Å². The molecule has 0 bridgehead atoms. The zero-order valence-corrected chi connectivity index (χ0v) is 6.96. The summed E-state index contributed by atoms with van der Waals surface area (Å²) < 4.78 is 17.9. The molecule has 2 N–H and O–H groups in total. The average Bonchev–Trinajstić information content (AvgIpc) is 2.16. The molecule has 0 aliphatic rings. The second-order valence-electron chi connectivity index (χ2n) is 2.42. The van der Waals surface area contributed by atoms with Crippen LogP contribution in [0.2, 0.25) is 0 Å². The molecule has 3 nitrogen and oxygen atoms in total. The zero-order valence-electron chi connectivity index (χ0n) is 6.96. The fourth-order valence-corrected chi connectivity index (χ4v) is 0.898. The maximum Gasteiger partial charge on any atom is 0.174 e. The van der Waals surface area contributed by atoms with Gasteiger partial charge in [0.25, 0.3) is 0 Å². The fraction of sp³-hybridized carbons (Fsp3) is 0.222. The highest BCUT2D eigenvalue weighted by atomic mass is 19.1. The lowest BCUT2D eigenvalue weighted by Gasteiger charge is -2.03. The van der Waals surface area contributed by atoms with E-state index in [1.54, 1.807) is 12.1 Å². The van der Waals surface area contributed by atoms with Crippen LogP contribution in [0, 0.1) is 17.1 Å². The van der Waals surface area contributed by atoms with Crippen molar-refractivity contribution in [2.45, 2.75) is 6.54 Å². The van der Waals surface area contributed by atoms with E-state index in [9.17, 15) is 4.39 Å². The third kappa shape index (κ3) is 2.42. The molecular weight excluding hydrogens is 171 g/mol. The predicted octanol–water partition coefficient (Wildman–Crippen LogP) is 1.19. The number of hydrogen-bond acceptors (Lipinski definition) is 3. The Kier molecular flexibility index (Phi) is 3.23. The summed E-state index contributed by atoms with van der Waals surface area (Å²) in [5.74, 6) is -0.406. The van der Waals surface area contributed by atoms with Crippen LogP contribution >= 0.6 is 0 Å². The van der Waals surface area contributed by atoms with Crippen molar-refractivity contribution in [2.24, 2.45) is 5.73 Å². The number of rotatable bonds is 3. The monoisotopic (exact) mass is 180 g/mol. The Balaban J connectivity index is 2.80. The maximum absolute atomic E-state index is 13.1. The van der Waals surface area contributed by atoms with Gasteiger partial charge in [0.1, 0.15) is 6.07 Å². The summed E-state index contributed by atoms with van der Waals surface area (Å²) in [5, 5.41) is 8.20. The van der Waals surface area contributed by atoms with Gasteiger partial charge in [-0.2, -0.15) is 5.26 Å². The van der Waals surface area contributed by atoms with Gasteiger partial charge in [-0.15, -0.1) is 0 Å². The van der Waals surface area contributed by atoms with Crippen molar-refractivity contribution in [3.63, 3.8) is 0 Å². The minimum Gasteiger partial charge on any atom is -0.476 e. The van der Waals surface area contributed by atoms with Crippen LogP contribution in [0.5, 0.6) is 5.75 Å². The van der Waals surface area contributed by atoms with Gasteiger partial charge in [0, 0.05) is 6.54 Å². The number of nitrogens with two attached hydrogens (primary N) is 1. The van der Waals surface area contributed by atoms with Crippen molar-refractivity contribution in [3.05, 3.63) is 29.6 Å². The van der Waals surface area contributed by atoms with Crippen LogP contribution in [-0.4, -0.2) is 6.61 Å². The Hall–Kier alpha value is -1.60. The Morgan fingerprint density at radius 2 is 2.31 bits per heavy atom. The van der Waals surface area contributed by atoms with E-state index in [2.05, 4.69) is 0 Å². The van der Waals surface area contributed by atoms with Crippen molar-refractivity contribution in [1.82, 2.24) is 0 Å². The largest absolute Gasteiger partial charge is 0.476 e. The molecule has 1 aromatic carbocycles. The molecule has 68 valence electrons. The molecule has 0 amide bonds. The highest BCUT2D eigenvalue weighted by Crippen LogP contribution is 2.17. The van der Waals surface area contributed by atoms with Crippen LogP contribution in [0.1, 0.15) is 5.56 Å². The van der Waals surface area contributed by atoms with Crippen LogP contribution in [-0.2, 0) is 6.54 Å². The Labute approximate surface area is 75.5 Å². The summed E-state index contributed by atoms with van der Waals surface area (Å²) in [6.45, 7) is 0.133. The Morgan fingerprint density at radius 3 is 2.85 bits per heavy atom. The van der Waals surface area contributed by atoms with Gasteiger partial charge in [0.05, 0.1) is 0 Å². The molecule has 0 fully saturated rings. The quantitative estimate of drug-likeness (QED) is 0.759. The molecule has 4 heteroatoms. The van der Waals surface area contributed by atoms with Gasteiger partial charge in [-0.25, -0.2) is 4.39 Å². The summed E-state index contributed by atoms with van der Waals surface area (Å²) in [6.07, 6.45) is 0. The molecule has 0 spiro atoms. The first kappa shape index (κ1) is 9.49. The van der Waals surface area contributed by atoms with Crippen LogP contribution in [0.25, 0.3) is 0 Å². The molecule has 13 heavy (non-hydrogen) atoms. The fourth-order valence-electron chi connectivity index (χ4n) is 0.898. The third-order valence-electron chi connectivity index (χ3n) is 1.52. The van der Waals surface area contributed by atoms with E-state index in [1.807, 2.05) is 0 Å². The number of benzene rings is 1. The van der Waals surface area contributed by atoms with E-state index in [0.717, 1.165) is 0 Å². The first-order valence-electron chi connectivity index (χ1n) is 3.76. The minimum atomic E-state index is -0.488. The number of ether oxygens (including phenoxy) is 1.